The normalized spacial score (nSPS) is 14.3. The number of benzene rings is 2. The van der Waals surface area contributed by atoms with Gasteiger partial charge in [-0.2, -0.15) is 0 Å². The number of aliphatic hydroxyl groups is 1. The van der Waals surface area contributed by atoms with Gasteiger partial charge in [0.25, 0.3) is 0 Å². The molecule has 2 aromatic rings. The average molecular weight is 331 g/mol. The Morgan fingerprint density at radius 2 is 1.75 bits per heavy atom. The second-order valence-electron chi connectivity index (χ2n) is 4.77. The number of aliphatic hydroxyl groups excluding tert-OH is 1. The van der Waals surface area contributed by atoms with Crippen LogP contribution in [0.2, 0.25) is 0 Å². The van der Waals surface area contributed by atoms with Gasteiger partial charge in [0.2, 0.25) is 0 Å². The van der Waals surface area contributed by atoms with Crippen LogP contribution in [0.1, 0.15) is 36.5 Å². The van der Waals surface area contributed by atoms with Gasteiger partial charge in [-0.1, -0.05) is 77.5 Å². The summed E-state index contributed by atoms with van der Waals surface area (Å²) >= 11 is 3.50. The first-order chi connectivity index (χ1) is 9.72. The van der Waals surface area contributed by atoms with E-state index in [2.05, 4.69) is 47.1 Å². The Morgan fingerprint density at radius 3 is 2.40 bits per heavy atom. The van der Waals surface area contributed by atoms with Crippen molar-refractivity contribution >= 4 is 15.9 Å². The molecule has 1 nitrogen and oxygen atoms in total. The zero-order chi connectivity index (χ0) is 14.4. The molecule has 104 valence electrons. The van der Waals surface area contributed by atoms with Crippen molar-refractivity contribution in [1.29, 1.82) is 0 Å². The lowest BCUT2D eigenvalue weighted by atomic mass is 9.88. The summed E-state index contributed by atoms with van der Waals surface area (Å²) in [5.41, 5.74) is 2.05. The highest BCUT2D eigenvalue weighted by Crippen LogP contribution is 2.33. The van der Waals surface area contributed by atoms with Crippen LogP contribution >= 0.6 is 15.9 Å². The van der Waals surface area contributed by atoms with E-state index in [0.717, 1.165) is 22.0 Å². The van der Waals surface area contributed by atoms with Crippen molar-refractivity contribution in [3.05, 3.63) is 82.3 Å². The molecular formula is C18H19BrO. The summed E-state index contributed by atoms with van der Waals surface area (Å²) in [6, 6.07) is 17.9. The van der Waals surface area contributed by atoms with Crippen molar-refractivity contribution in [2.45, 2.75) is 25.4 Å². The molecule has 2 rings (SSSR count). The van der Waals surface area contributed by atoms with Gasteiger partial charge in [0, 0.05) is 10.4 Å². The third kappa shape index (κ3) is 3.81. The standard InChI is InChI=1S/C18H19BrO/c1-2-3-12-17(15-10-7-11-16(19)13-15)18(20)14-8-5-4-6-9-14/h3-13,17-18,20H,2H2,1H3/b12-3+. The summed E-state index contributed by atoms with van der Waals surface area (Å²) in [5, 5.41) is 10.7. The van der Waals surface area contributed by atoms with Gasteiger partial charge < -0.3 is 5.11 Å². The number of allylic oxidation sites excluding steroid dienone is 1. The number of rotatable bonds is 5. The Hall–Kier alpha value is -1.38. The minimum atomic E-state index is -0.534. The van der Waals surface area contributed by atoms with Gasteiger partial charge in [-0.05, 0) is 29.7 Å². The van der Waals surface area contributed by atoms with Crippen LogP contribution in [0.25, 0.3) is 0 Å². The molecule has 0 radical (unpaired) electrons. The largest absolute Gasteiger partial charge is 0.387 e. The van der Waals surface area contributed by atoms with Gasteiger partial charge in [0.05, 0.1) is 6.10 Å². The lowest BCUT2D eigenvalue weighted by Crippen LogP contribution is -2.09. The Balaban J connectivity index is 2.35. The van der Waals surface area contributed by atoms with E-state index in [-0.39, 0.29) is 5.92 Å². The van der Waals surface area contributed by atoms with E-state index in [4.69, 9.17) is 0 Å². The minimum absolute atomic E-state index is 0.0325. The molecule has 2 aromatic carbocycles. The van der Waals surface area contributed by atoms with Crippen LogP contribution in [0.4, 0.5) is 0 Å². The monoisotopic (exact) mass is 330 g/mol. The number of hydrogen-bond donors (Lipinski definition) is 1. The minimum Gasteiger partial charge on any atom is -0.387 e. The van der Waals surface area contributed by atoms with Crippen molar-refractivity contribution in [2.24, 2.45) is 0 Å². The van der Waals surface area contributed by atoms with Crippen molar-refractivity contribution in [2.75, 3.05) is 0 Å². The molecule has 0 saturated carbocycles. The summed E-state index contributed by atoms with van der Waals surface area (Å²) in [6.07, 6.45) is 4.64. The summed E-state index contributed by atoms with van der Waals surface area (Å²) in [6.45, 7) is 2.10. The van der Waals surface area contributed by atoms with Crippen molar-refractivity contribution in [3.8, 4) is 0 Å². The molecule has 2 atom stereocenters. The first-order valence-corrected chi connectivity index (χ1v) is 7.66. The molecule has 20 heavy (non-hydrogen) atoms. The third-order valence-corrected chi connectivity index (χ3v) is 3.79. The van der Waals surface area contributed by atoms with Crippen LogP contribution < -0.4 is 0 Å². The topological polar surface area (TPSA) is 20.2 Å². The Kier molecular flexibility index (Phi) is 5.57. The molecule has 0 aromatic heterocycles. The van der Waals surface area contributed by atoms with Crippen LogP contribution in [0.15, 0.2) is 71.2 Å². The molecule has 0 heterocycles. The Morgan fingerprint density at radius 1 is 1.05 bits per heavy atom. The maximum atomic E-state index is 10.7. The van der Waals surface area contributed by atoms with Crippen LogP contribution in [-0.4, -0.2) is 5.11 Å². The predicted molar refractivity (Wildman–Crippen MR) is 87.7 cm³/mol. The van der Waals surface area contributed by atoms with Crippen LogP contribution in [0.5, 0.6) is 0 Å². The molecule has 0 aliphatic carbocycles. The quantitative estimate of drug-likeness (QED) is 0.744. The summed E-state index contributed by atoms with van der Waals surface area (Å²) < 4.78 is 1.03. The van der Waals surface area contributed by atoms with Gasteiger partial charge in [0.1, 0.15) is 0 Å². The van der Waals surface area contributed by atoms with E-state index in [0.29, 0.717) is 0 Å². The van der Waals surface area contributed by atoms with Crippen LogP contribution in [0, 0.1) is 0 Å². The average Bonchev–Trinajstić information content (AvgIpc) is 2.48. The van der Waals surface area contributed by atoms with E-state index in [1.165, 1.54) is 0 Å². The second-order valence-corrected chi connectivity index (χ2v) is 5.69. The zero-order valence-electron chi connectivity index (χ0n) is 11.5. The van der Waals surface area contributed by atoms with Gasteiger partial charge >= 0.3 is 0 Å². The fourth-order valence-electron chi connectivity index (χ4n) is 2.25. The molecule has 0 aliphatic heterocycles. The number of halogens is 1. The van der Waals surface area contributed by atoms with Crippen LogP contribution in [-0.2, 0) is 0 Å². The molecule has 2 heteroatoms. The molecule has 1 N–H and O–H groups in total. The molecule has 0 aliphatic rings. The maximum absolute atomic E-state index is 10.7. The lowest BCUT2D eigenvalue weighted by molar-refractivity contribution is 0.161. The van der Waals surface area contributed by atoms with Gasteiger partial charge in [-0.15, -0.1) is 0 Å². The molecule has 2 unspecified atom stereocenters. The van der Waals surface area contributed by atoms with Gasteiger partial charge in [0.15, 0.2) is 0 Å². The fraction of sp³-hybridized carbons (Fsp3) is 0.222. The molecule has 0 fully saturated rings. The number of hydrogen-bond acceptors (Lipinski definition) is 1. The molecule has 0 amide bonds. The Bertz CT molecular complexity index is 563. The van der Waals surface area contributed by atoms with Crippen molar-refractivity contribution in [3.63, 3.8) is 0 Å². The lowest BCUT2D eigenvalue weighted by Gasteiger charge is -2.21. The summed E-state index contributed by atoms with van der Waals surface area (Å²) in [7, 11) is 0. The smallest absolute Gasteiger partial charge is 0.0893 e. The fourth-order valence-corrected chi connectivity index (χ4v) is 2.67. The van der Waals surface area contributed by atoms with E-state index in [9.17, 15) is 5.11 Å². The van der Waals surface area contributed by atoms with E-state index in [1.807, 2.05) is 42.5 Å². The summed E-state index contributed by atoms with van der Waals surface area (Å²) in [5.74, 6) is -0.0325. The SMILES string of the molecule is CC/C=C/C(c1cccc(Br)c1)C(O)c1ccccc1. The van der Waals surface area contributed by atoms with E-state index in [1.54, 1.807) is 0 Å². The van der Waals surface area contributed by atoms with Crippen molar-refractivity contribution < 1.29 is 5.11 Å². The zero-order valence-corrected chi connectivity index (χ0v) is 13.1. The van der Waals surface area contributed by atoms with E-state index < -0.39 is 6.10 Å². The van der Waals surface area contributed by atoms with Gasteiger partial charge in [-0.3, -0.25) is 0 Å². The third-order valence-electron chi connectivity index (χ3n) is 3.29. The molecule has 0 saturated heterocycles. The first-order valence-electron chi connectivity index (χ1n) is 6.87. The molecular weight excluding hydrogens is 312 g/mol. The maximum Gasteiger partial charge on any atom is 0.0893 e. The highest BCUT2D eigenvalue weighted by atomic mass is 79.9. The van der Waals surface area contributed by atoms with Gasteiger partial charge in [-0.25, -0.2) is 0 Å². The Labute approximate surface area is 129 Å². The predicted octanol–water partition coefficient (Wildman–Crippen LogP) is 5.23. The second kappa shape index (κ2) is 7.41. The van der Waals surface area contributed by atoms with Crippen molar-refractivity contribution in [1.82, 2.24) is 0 Å². The highest BCUT2D eigenvalue weighted by Gasteiger charge is 2.20. The highest BCUT2D eigenvalue weighted by molar-refractivity contribution is 9.10. The first kappa shape index (κ1) is 15.0. The molecule has 0 spiro atoms. The van der Waals surface area contributed by atoms with Crippen LogP contribution in [0.3, 0.4) is 0 Å². The summed E-state index contributed by atoms with van der Waals surface area (Å²) in [4.78, 5) is 0. The van der Waals surface area contributed by atoms with E-state index >= 15 is 0 Å². The molecule has 0 bridgehead atoms.